The molecule has 16 heavy (non-hydrogen) atoms. The fourth-order valence-electron chi connectivity index (χ4n) is 1.41. The highest BCUT2D eigenvalue weighted by Gasteiger charge is 2.09. The molecule has 0 spiro atoms. The van der Waals surface area contributed by atoms with Gasteiger partial charge in [-0.1, -0.05) is 0 Å². The Morgan fingerprint density at radius 3 is 2.62 bits per heavy atom. The summed E-state index contributed by atoms with van der Waals surface area (Å²) in [6.45, 7) is 7.00. The molecule has 0 saturated heterocycles. The van der Waals surface area contributed by atoms with Crippen molar-refractivity contribution in [3.8, 4) is 0 Å². The van der Waals surface area contributed by atoms with Crippen molar-refractivity contribution in [2.75, 3.05) is 0 Å². The Hall–Kier alpha value is -0.780. The van der Waals surface area contributed by atoms with Crippen molar-refractivity contribution in [3.05, 3.63) is 32.2 Å². The summed E-state index contributed by atoms with van der Waals surface area (Å²) in [7, 11) is 0. The van der Waals surface area contributed by atoms with E-state index in [0.717, 1.165) is 27.9 Å². The standard InChI is InChI=1S/C11H15N3S2/c1-7-5-16-11(13-7)8(2)12-4-10-6-15-9(3)14-10/h5-6,8,12H,4H2,1-3H3. The maximum absolute atomic E-state index is 4.47. The van der Waals surface area contributed by atoms with Crippen molar-refractivity contribution < 1.29 is 0 Å². The average molecular weight is 253 g/mol. The van der Waals surface area contributed by atoms with Crippen LogP contribution in [0, 0.1) is 13.8 Å². The molecule has 1 unspecified atom stereocenters. The van der Waals surface area contributed by atoms with E-state index in [0.29, 0.717) is 6.04 Å². The average Bonchev–Trinajstić information content (AvgIpc) is 2.84. The molecule has 0 amide bonds. The summed E-state index contributed by atoms with van der Waals surface area (Å²) < 4.78 is 0. The second-order valence-corrected chi connectivity index (χ2v) is 5.74. The van der Waals surface area contributed by atoms with Crippen LogP contribution in [-0.2, 0) is 6.54 Å². The van der Waals surface area contributed by atoms with Crippen LogP contribution < -0.4 is 5.32 Å². The van der Waals surface area contributed by atoms with Crippen molar-refractivity contribution in [2.45, 2.75) is 33.4 Å². The number of aromatic nitrogens is 2. The van der Waals surface area contributed by atoms with E-state index in [1.807, 2.05) is 13.8 Å². The minimum Gasteiger partial charge on any atom is -0.302 e. The van der Waals surface area contributed by atoms with E-state index in [2.05, 4.69) is 33.0 Å². The fourth-order valence-corrected chi connectivity index (χ4v) is 2.85. The lowest BCUT2D eigenvalue weighted by Gasteiger charge is -2.09. The third-order valence-electron chi connectivity index (χ3n) is 2.26. The molecule has 3 nitrogen and oxygen atoms in total. The molecule has 0 saturated carbocycles. The minimum atomic E-state index is 0.292. The van der Waals surface area contributed by atoms with Crippen LogP contribution >= 0.6 is 22.7 Å². The Kier molecular flexibility index (Phi) is 3.68. The van der Waals surface area contributed by atoms with Gasteiger partial charge in [0.25, 0.3) is 0 Å². The van der Waals surface area contributed by atoms with E-state index in [4.69, 9.17) is 0 Å². The largest absolute Gasteiger partial charge is 0.302 e. The fraction of sp³-hybridized carbons (Fsp3) is 0.455. The van der Waals surface area contributed by atoms with Crippen LogP contribution in [0.4, 0.5) is 0 Å². The molecule has 0 aliphatic heterocycles. The van der Waals surface area contributed by atoms with E-state index < -0.39 is 0 Å². The third kappa shape index (κ3) is 2.87. The first-order valence-corrected chi connectivity index (χ1v) is 6.97. The van der Waals surface area contributed by atoms with Crippen LogP contribution in [0.1, 0.15) is 34.4 Å². The lowest BCUT2D eigenvalue weighted by molar-refractivity contribution is 0.565. The highest BCUT2D eigenvalue weighted by molar-refractivity contribution is 7.09. The first-order chi connectivity index (χ1) is 7.65. The van der Waals surface area contributed by atoms with Gasteiger partial charge < -0.3 is 5.32 Å². The second-order valence-electron chi connectivity index (χ2n) is 3.79. The van der Waals surface area contributed by atoms with E-state index >= 15 is 0 Å². The zero-order chi connectivity index (χ0) is 11.5. The second kappa shape index (κ2) is 5.03. The number of rotatable bonds is 4. The van der Waals surface area contributed by atoms with E-state index in [1.165, 1.54) is 0 Å². The predicted octanol–water partition coefficient (Wildman–Crippen LogP) is 3.07. The van der Waals surface area contributed by atoms with Crippen molar-refractivity contribution >= 4 is 22.7 Å². The van der Waals surface area contributed by atoms with Gasteiger partial charge in [-0.05, 0) is 20.8 Å². The molecule has 0 radical (unpaired) electrons. The van der Waals surface area contributed by atoms with Crippen LogP contribution in [0.25, 0.3) is 0 Å². The number of nitrogens with zero attached hydrogens (tertiary/aromatic N) is 2. The number of aryl methyl sites for hydroxylation is 2. The van der Waals surface area contributed by atoms with Gasteiger partial charge in [0.15, 0.2) is 0 Å². The Bertz CT molecular complexity index is 461. The molecular weight excluding hydrogens is 238 g/mol. The molecule has 1 atom stereocenters. The smallest absolute Gasteiger partial charge is 0.110 e. The molecule has 5 heteroatoms. The molecule has 0 fully saturated rings. The van der Waals surface area contributed by atoms with Gasteiger partial charge in [-0.25, -0.2) is 9.97 Å². The molecule has 2 heterocycles. The predicted molar refractivity (Wildman–Crippen MR) is 69.0 cm³/mol. The van der Waals surface area contributed by atoms with Crippen LogP contribution in [0.15, 0.2) is 10.8 Å². The van der Waals surface area contributed by atoms with Gasteiger partial charge in [0.2, 0.25) is 0 Å². The monoisotopic (exact) mass is 253 g/mol. The summed E-state index contributed by atoms with van der Waals surface area (Å²) in [4.78, 5) is 8.89. The zero-order valence-corrected chi connectivity index (χ0v) is 11.3. The minimum absolute atomic E-state index is 0.292. The molecule has 2 aromatic heterocycles. The van der Waals surface area contributed by atoms with Gasteiger partial charge >= 0.3 is 0 Å². The summed E-state index contributed by atoms with van der Waals surface area (Å²) in [5, 5.41) is 9.88. The molecule has 86 valence electrons. The third-order valence-corrected chi connectivity index (χ3v) is 4.23. The molecule has 0 aliphatic carbocycles. The summed E-state index contributed by atoms with van der Waals surface area (Å²) >= 11 is 3.40. The SMILES string of the molecule is Cc1csc(C(C)NCc2csc(C)n2)n1. The van der Waals surface area contributed by atoms with Crippen molar-refractivity contribution in [1.82, 2.24) is 15.3 Å². The van der Waals surface area contributed by atoms with Crippen molar-refractivity contribution in [2.24, 2.45) is 0 Å². The summed E-state index contributed by atoms with van der Waals surface area (Å²) in [6.07, 6.45) is 0. The van der Waals surface area contributed by atoms with Crippen molar-refractivity contribution in [3.63, 3.8) is 0 Å². The number of hydrogen-bond acceptors (Lipinski definition) is 5. The van der Waals surface area contributed by atoms with Gasteiger partial charge in [-0.15, -0.1) is 22.7 Å². The lowest BCUT2D eigenvalue weighted by Crippen LogP contribution is -2.18. The maximum atomic E-state index is 4.47. The maximum Gasteiger partial charge on any atom is 0.110 e. The first-order valence-electron chi connectivity index (χ1n) is 5.21. The molecule has 2 aromatic rings. The van der Waals surface area contributed by atoms with Gasteiger partial charge in [0.1, 0.15) is 5.01 Å². The van der Waals surface area contributed by atoms with E-state index in [1.54, 1.807) is 22.7 Å². The molecule has 0 aromatic carbocycles. The lowest BCUT2D eigenvalue weighted by atomic mass is 10.3. The number of hydrogen-bond donors (Lipinski definition) is 1. The Labute approximate surface area is 104 Å². The van der Waals surface area contributed by atoms with Crippen LogP contribution in [-0.4, -0.2) is 9.97 Å². The highest BCUT2D eigenvalue weighted by Crippen LogP contribution is 2.18. The van der Waals surface area contributed by atoms with Gasteiger partial charge in [0.05, 0.1) is 16.7 Å². The Balaban J connectivity index is 1.91. The van der Waals surface area contributed by atoms with Gasteiger partial charge in [-0.2, -0.15) is 0 Å². The molecule has 0 aliphatic rings. The quantitative estimate of drug-likeness (QED) is 0.910. The number of nitrogens with one attached hydrogen (secondary N) is 1. The topological polar surface area (TPSA) is 37.8 Å². The normalized spacial score (nSPS) is 12.9. The molecular formula is C11H15N3S2. The van der Waals surface area contributed by atoms with E-state index in [-0.39, 0.29) is 0 Å². The Morgan fingerprint density at radius 2 is 2.06 bits per heavy atom. The molecule has 0 bridgehead atoms. The van der Waals surface area contributed by atoms with Crippen LogP contribution in [0.5, 0.6) is 0 Å². The zero-order valence-electron chi connectivity index (χ0n) is 9.65. The van der Waals surface area contributed by atoms with Crippen molar-refractivity contribution in [1.29, 1.82) is 0 Å². The first kappa shape index (κ1) is 11.7. The molecule has 1 N–H and O–H groups in total. The van der Waals surface area contributed by atoms with E-state index in [9.17, 15) is 0 Å². The van der Waals surface area contributed by atoms with Gasteiger partial charge in [0, 0.05) is 23.0 Å². The highest BCUT2D eigenvalue weighted by atomic mass is 32.1. The van der Waals surface area contributed by atoms with Crippen LogP contribution in [0.2, 0.25) is 0 Å². The summed E-state index contributed by atoms with van der Waals surface area (Å²) in [6, 6.07) is 0.292. The Morgan fingerprint density at radius 1 is 1.25 bits per heavy atom. The summed E-state index contributed by atoms with van der Waals surface area (Å²) in [5.41, 5.74) is 2.21. The number of thiazole rings is 2. The summed E-state index contributed by atoms with van der Waals surface area (Å²) in [5.74, 6) is 0. The van der Waals surface area contributed by atoms with Gasteiger partial charge in [-0.3, -0.25) is 0 Å². The van der Waals surface area contributed by atoms with Crippen LogP contribution in [0.3, 0.4) is 0 Å². The molecule has 2 rings (SSSR count).